The van der Waals surface area contributed by atoms with Gasteiger partial charge in [0, 0.05) is 11.1 Å². The van der Waals surface area contributed by atoms with E-state index in [1.54, 1.807) is 17.4 Å². The van der Waals surface area contributed by atoms with Crippen molar-refractivity contribution in [2.24, 2.45) is 0 Å². The van der Waals surface area contributed by atoms with E-state index in [1.165, 1.54) is 7.11 Å². The molecule has 2 aromatic rings. The minimum atomic E-state index is -0.336. The molecule has 0 bridgehead atoms. The second-order valence-corrected chi connectivity index (χ2v) is 5.34. The van der Waals surface area contributed by atoms with Gasteiger partial charge in [-0.15, -0.1) is 11.3 Å². The van der Waals surface area contributed by atoms with Crippen LogP contribution in [0.5, 0.6) is 5.75 Å². The number of urea groups is 1. The number of nitrogens with zero attached hydrogens (tertiary/aromatic N) is 2. The van der Waals surface area contributed by atoms with Gasteiger partial charge in [0.15, 0.2) is 11.6 Å². The van der Waals surface area contributed by atoms with Crippen molar-refractivity contribution in [1.82, 2.24) is 15.3 Å². The molecule has 2 rings (SSSR count). The van der Waals surface area contributed by atoms with Crippen molar-refractivity contribution in [3.8, 4) is 5.75 Å². The molecule has 0 aliphatic rings. The molecular weight excluding hydrogens is 288 g/mol. The zero-order valence-corrected chi connectivity index (χ0v) is 13.1. The topological polar surface area (TPSA) is 76.1 Å². The molecule has 0 spiro atoms. The number of hydrogen-bond acceptors (Lipinski definition) is 5. The number of anilines is 1. The maximum Gasteiger partial charge on any atom is 0.320 e. The second kappa shape index (κ2) is 7.03. The van der Waals surface area contributed by atoms with Crippen molar-refractivity contribution in [1.29, 1.82) is 0 Å². The SMILES string of the molecule is CCc1nc(CNC(=O)Nc2nc(C)ccc2OC)cs1. The molecule has 0 fully saturated rings. The molecule has 6 nitrogen and oxygen atoms in total. The molecule has 0 aromatic carbocycles. The Morgan fingerprint density at radius 2 is 2.19 bits per heavy atom. The minimum absolute atomic E-state index is 0.336. The number of methoxy groups -OCH3 is 1. The van der Waals surface area contributed by atoms with Crippen molar-refractivity contribution in [2.45, 2.75) is 26.8 Å². The molecule has 0 saturated carbocycles. The van der Waals surface area contributed by atoms with E-state index >= 15 is 0 Å². The van der Waals surface area contributed by atoms with E-state index in [0.717, 1.165) is 22.8 Å². The number of pyridine rings is 1. The number of rotatable bonds is 5. The van der Waals surface area contributed by atoms with Crippen LogP contribution in [0.15, 0.2) is 17.5 Å². The molecule has 0 aliphatic heterocycles. The monoisotopic (exact) mass is 306 g/mol. The van der Waals surface area contributed by atoms with Crippen molar-refractivity contribution in [3.63, 3.8) is 0 Å². The lowest BCUT2D eigenvalue weighted by molar-refractivity contribution is 0.251. The van der Waals surface area contributed by atoms with E-state index in [-0.39, 0.29) is 6.03 Å². The van der Waals surface area contributed by atoms with Crippen LogP contribution >= 0.6 is 11.3 Å². The first-order chi connectivity index (χ1) is 10.1. The Bertz CT molecular complexity index is 627. The van der Waals surface area contributed by atoms with Crippen LogP contribution in [0, 0.1) is 6.92 Å². The second-order valence-electron chi connectivity index (χ2n) is 4.40. The number of aryl methyl sites for hydroxylation is 2. The van der Waals surface area contributed by atoms with Crippen molar-refractivity contribution in [2.75, 3.05) is 12.4 Å². The van der Waals surface area contributed by atoms with Gasteiger partial charge >= 0.3 is 6.03 Å². The Morgan fingerprint density at radius 1 is 1.38 bits per heavy atom. The van der Waals surface area contributed by atoms with E-state index in [4.69, 9.17) is 4.74 Å². The molecule has 0 saturated heterocycles. The zero-order chi connectivity index (χ0) is 15.2. The molecular formula is C14H18N4O2S. The molecule has 2 N–H and O–H groups in total. The Kier molecular flexibility index (Phi) is 5.10. The molecule has 0 atom stereocenters. The molecule has 2 heterocycles. The molecule has 2 amide bonds. The van der Waals surface area contributed by atoms with Gasteiger partial charge in [0.25, 0.3) is 0 Å². The predicted octanol–water partition coefficient (Wildman–Crippen LogP) is 2.74. The fourth-order valence-corrected chi connectivity index (χ4v) is 2.46. The van der Waals surface area contributed by atoms with Crippen LogP contribution in [0.4, 0.5) is 10.6 Å². The largest absolute Gasteiger partial charge is 0.493 e. The van der Waals surface area contributed by atoms with Crippen LogP contribution in [-0.4, -0.2) is 23.1 Å². The summed E-state index contributed by atoms with van der Waals surface area (Å²) in [5, 5.41) is 8.45. The van der Waals surface area contributed by atoms with Crippen LogP contribution in [0.25, 0.3) is 0 Å². The summed E-state index contributed by atoms with van der Waals surface area (Å²) in [5.74, 6) is 0.931. The van der Waals surface area contributed by atoms with E-state index in [9.17, 15) is 4.79 Å². The average Bonchev–Trinajstić information content (AvgIpc) is 2.93. The summed E-state index contributed by atoms with van der Waals surface area (Å²) in [7, 11) is 1.54. The lowest BCUT2D eigenvalue weighted by Gasteiger charge is -2.10. The van der Waals surface area contributed by atoms with Crippen molar-refractivity contribution < 1.29 is 9.53 Å². The number of hydrogen-bond donors (Lipinski definition) is 2. The fourth-order valence-electron chi connectivity index (χ4n) is 1.71. The maximum absolute atomic E-state index is 11.9. The molecule has 7 heteroatoms. The Hall–Kier alpha value is -2.15. The first-order valence-corrected chi connectivity index (χ1v) is 7.50. The number of aromatic nitrogens is 2. The average molecular weight is 306 g/mol. The van der Waals surface area contributed by atoms with Gasteiger partial charge < -0.3 is 10.1 Å². The first kappa shape index (κ1) is 15.2. The number of nitrogens with one attached hydrogen (secondary N) is 2. The predicted molar refractivity (Wildman–Crippen MR) is 82.9 cm³/mol. The van der Waals surface area contributed by atoms with Gasteiger partial charge in [-0.2, -0.15) is 0 Å². The van der Waals surface area contributed by atoms with Gasteiger partial charge in [0.2, 0.25) is 0 Å². The fraction of sp³-hybridized carbons (Fsp3) is 0.357. The van der Waals surface area contributed by atoms with Gasteiger partial charge in [-0.1, -0.05) is 6.92 Å². The third kappa shape index (κ3) is 4.16. The number of ether oxygens (including phenoxy) is 1. The summed E-state index contributed by atoms with van der Waals surface area (Å²) in [6, 6.07) is 3.26. The molecule has 0 aliphatic carbocycles. The Balaban J connectivity index is 1.94. The van der Waals surface area contributed by atoms with E-state index < -0.39 is 0 Å². The summed E-state index contributed by atoms with van der Waals surface area (Å²) in [6.45, 7) is 4.29. The third-order valence-electron chi connectivity index (χ3n) is 2.78. The highest BCUT2D eigenvalue weighted by Gasteiger charge is 2.09. The minimum Gasteiger partial charge on any atom is -0.493 e. The maximum atomic E-state index is 11.9. The normalized spacial score (nSPS) is 10.2. The molecule has 0 radical (unpaired) electrons. The third-order valence-corrected chi connectivity index (χ3v) is 3.82. The van der Waals surface area contributed by atoms with Gasteiger partial charge in [-0.25, -0.2) is 14.8 Å². The molecule has 2 aromatic heterocycles. The summed E-state index contributed by atoms with van der Waals surface area (Å²) < 4.78 is 5.17. The zero-order valence-electron chi connectivity index (χ0n) is 12.3. The molecule has 0 unspecified atom stereocenters. The Labute approximate surface area is 127 Å². The number of amides is 2. The van der Waals surface area contributed by atoms with Crippen molar-refractivity contribution >= 4 is 23.2 Å². The highest BCUT2D eigenvalue weighted by atomic mass is 32.1. The Morgan fingerprint density at radius 3 is 2.86 bits per heavy atom. The van der Waals surface area contributed by atoms with Gasteiger partial charge in [0.05, 0.1) is 24.4 Å². The number of carbonyl (C=O) groups is 1. The highest BCUT2D eigenvalue weighted by molar-refractivity contribution is 7.09. The highest BCUT2D eigenvalue weighted by Crippen LogP contribution is 2.21. The van der Waals surface area contributed by atoms with Gasteiger partial charge in [-0.05, 0) is 25.5 Å². The summed E-state index contributed by atoms with van der Waals surface area (Å²) in [5.41, 5.74) is 1.66. The molecule has 21 heavy (non-hydrogen) atoms. The summed E-state index contributed by atoms with van der Waals surface area (Å²) in [6.07, 6.45) is 0.904. The summed E-state index contributed by atoms with van der Waals surface area (Å²) in [4.78, 5) is 20.5. The number of carbonyl (C=O) groups excluding carboxylic acids is 1. The van der Waals surface area contributed by atoms with E-state index in [0.29, 0.717) is 18.1 Å². The van der Waals surface area contributed by atoms with Crippen LogP contribution in [0.2, 0.25) is 0 Å². The van der Waals surface area contributed by atoms with Crippen molar-refractivity contribution in [3.05, 3.63) is 33.9 Å². The van der Waals surface area contributed by atoms with Gasteiger partial charge in [0.1, 0.15) is 0 Å². The number of thiazole rings is 1. The van der Waals surface area contributed by atoms with Crippen LogP contribution in [-0.2, 0) is 13.0 Å². The molecule has 112 valence electrons. The summed E-state index contributed by atoms with van der Waals surface area (Å²) >= 11 is 1.60. The quantitative estimate of drug-likeness (QED) is 0.890. The lowest BCUT2D eigenvalue weighted by atomic mass is 10.3. The standard InChI is InChI=1S/C14H18N4O2S/c1-4-12-17-10(8-21-12)7-15-14(19)18-13-11(20-3)6-5-9(2)16-13/h5-6,8H,4,7H2,1-3H3,(H2,15,16,18,19). The smallest absolute Gasteiger partial charge is 0.320 e. The lowest BCUT2D eigenvalue weighted by Crippen LogP contribution is -2.29. The van der Waals surface area contributed by atoms with E-state index in [2.05, 4.69) is 27.5 Å². The first-order valence-electron chi connectivity index (χ1n) is 6.62. The van der Waals surface area contributed by atoms with E-state index in [1.807, 2.05) is 18.4 Å². The van der Waals surface area contributed by atoms with Crippen LogP contribution < -0.4 is 15.4 Å². The van der Waals surface area contributed by atoms with Gasteiger partial charge in [-0.3, -0.25) is 5.32 Å². The van der Waals surface area contributed by atoms with Crippen LogP contribution in [0.3, 0.4) is 0 Å². The van der Waals surface area contributed by atoms with Crippen LogP contribution in [0.1, 0.15) is 23.3 Å².